The summed E-state index contributed by atoms with van der Waals surface area (Å²) in [6, 6.07) is 12.2. The summed E-state index contributed by atoms with van der Waals surface area (Å²) in [6.07, 6.45) is 7.71. The van der Waals surface area contributed by atoms with Gasteiger partial charge in [-0.05, 0) is 43.9 Å². The number of piperidine rings is 1. The van der Waals surface area contributed by atoms with Crippen molar-refractivity contribution in [2.45, 2.75) is 37.8 Å². The summed E-state index contributed by atoms with van der Waals surface area (Å²) < 4.78 is 1.92. The molecule has 3 rings (SSSR count). The van der Waals surface area contributed by atoms with Gasteiger partial charge in [-0.2, -0.15) is 5.10 Å². The number of rotatable bonds is 7. The summed E-state index contributed by atoms with van der Waals surface area (Å²) in [5, 5.41) is 11.0. The molecule has 2 N–H and O–H groups in total. The van der Waals surface area contributed by atoms with Crippen molar-refractivity contribution in [2.24, 2.45) is 0 Å². The Morgan fingerprint density at radius 2 is 2.24 bits per heavy atom. The van der Waals surface area contributed by atoms with Crippen molar-refractivity contribution in [3.05, 3.63) is 66.5 Å². The molecule has 0 radical (unpaired) electrons. The van der Waals surface area contributed by atoms with E-state index in [0.29, 0.717) is 11.7 Å². The molecule has 0 aliphatic carbocycles. The molecule has 1 fully saturated rings. The van der Waals surface area contributed by atoms with Gasteiger partial charge in [0.2, 0.25) is 0 Å². The van der Waals surface area contributed by atoms with Crippen molar-refractivity contribution < 1.29 is 4.79 Å². The van der Waals surface area contributed by atoms with Gasteiger partial charge in [0.1, 0.15) is 5.69 Å². The van der Waals surface area contributed by atoms with E-state index in [4.69, 9.17) is 0 Å². The average Bonchev–Trinajstić information content (AvgIpc) is 3.17. The summed E-state index contributed by atoms with van der Waals surface area (Å²) in [5.41, 5.74) is 1.58. The zero-order valence-electron chi connectivity index (χ0n) is 14.5. The minimum absolute atomic E-state index is 0.0341. The first kappa shape index (κ1) is 17.4. The highest BCUT2D eigenvalue weighted by Gasteiger charge is 2.20. The van der Waals surface area contributed by atoms with Gasteiger partial charge in [-0.25, -0.2) is 0 Å². The Bertz CT molecular complexity index is 689. The standard InChI is InChI=1S/C20H26N4O/c1-2-3-11-18(16-8-5-4-6-9-16)22-20(25)19-12-14-24(23-19)17-10-7-13-21-15-17/h2,4-6,8-9,12,14,17-18,21H,1,3,7,10-11,13,15H2,(H,22,25). The Kier molecular flexibility index (Phi) is 6.01. The molecule has 1 aliphatic rings. The van der Waals surface area contributed by atoms with Crippen LogP contribution in [0.2, 0.25) is 0 Å². The molecule has 1 amide bonds. The van der Waals surface area contributed by atoms with Crippen molar-refractivity contribution >= 4 is 5.91 Å². The summed E-state index contributed by atoms with van der Waals surface area (Å²) in [6.45, 7) is 5.76. The Morgan fingerprint density at radius 3 is 2.96 bits per heavy atom. The third kappa shape index (κ3) is 4.57. The van der Waals surface area contributed by atoms with Gasteiger partial charge >= 0.3 is 0 Å². The molecule has 5 heteroatoms. The second-order valence-electron chi connectivity index (χ2n) is 6.48. The first-order chi connectivity index (χ1) is 12.3. The molecule has 2 unspecified atom stereocenters. The highest BCUT2D eigenvalue weighted by Crippen LogP contribution is 2.20. The molecular formula is C20H26N4O. The highest BCUT2D eigenvalue weighted by atomic mass is 16.2. The van der Waals surface area contributed by atoms with Crippen molar-refractivity contribution in [1.29, 1.82) is 0 Å². The Labute approximate surface area is 149 Å². The number of allylic oxidation sites excluding steroid dienone is 1. The van der Waals surface area contributed by atoms with E-state index in [9.17, 15) is 4.79 Å². The van der Waals surface area contributed by atoms with E-state index >= 15 is 0 Å². The second kappa shape index (κ2) is 8.62. The summed E-state index contributed by atoms with van der Waals surface area (Å²) in [4.78, 5) is 12.7. The predicted molar refractivity (Wildman–Crippen MR) is 99.4 cm³/mol. The zero-order valence-corrected chi connectivity index (χ0v) is 14.5. The van der Waals surface area contributed by atoms with E-state index in [0.717, 1.165) is 44.3 Å². The first-order valence-electron chi connectivity index (χ1n) is 9.00. The summed E-state index contributed by atoms with van der Waals surface area (Å²) >= 11 is 0. The van der Waals surface area contributed by atoms with Gasteiger partial charge in [0, 0.05) is 12.7 Å². The number of carbonyl (C=O) groups is 1. The fourth-order valence-corrected chi connectivity index (χ4v) is 3.25. The van der Waals surface area contributed by atoms with E-state index in [2.05, 4.69) is 22.3 Å². The third-order valence-electron chi connectivity index (χ3n) is 4.65. The third-order valence-corrected chi connectivity index (χ3v) is 4.65. The van der Waals surface area contributed by atoms with E-state index in [-0.39, 0.29) is 11.9 Å². The van der Waals surface area contributed by atoms with Crippen LogP contribution < -0.4 is 10.6 Å². The van der Waals surface area contributed by atoms with Crippen LogP contribution in [-0.4, -0.2) is 28.8 Å². The molecule has 1 aromatic carbocycles. The molecule has 5 nitrogen and oxygen atoms in total. The number of hydrogen-bond acceptors (Lipinski definition) is 3. The molecule has 1 aromatic heterocycles. The smallest absolute Gasteiger partial charge is 0.272 e. The van der Waals surface area contributed by atoms with Crippen LogP contribution in [-0.2, 0) is 0 Å². The van der Waals surface area contributed by atoms with Crippen molar-refractivity contribution in [3.63, 3.8) is 0 Å². The highest BCUT2D eigenvalue weighted by molar-refractivity contribution is 5.92. The van der Waals surface area contributed by atoms with Gasteiger partial charge in [0.15, 0.2) is 0 Å². The van der Waals surface area contributed by atoms with Gasteiger partial charge in [-0.1, -0.05) is 36.4 Å². The Balaban J connectivity index is 1.68. The Hall–Kier alpha value is -2.40. The number of aromatic nitrogens is 2. The molecule has 0 bridgehead atoms. The molecule has 0 saturated carbocycles. The van der Waals surface area contributed by atoms with Gasteiger partial charge in [0.05, 0.1) is 12.1 Å². The number of carbonyl (C=O) groups excluding carboxylic acids is 1. The topological polar surface area (TPSA) is 59.0 Å². The van der Waals surface area contributed by atoms with Crippen LogP contribution in [0.1, 0.15) is 53.8 Å². The van der Waals surface area contributed by atoms with Gasteiger partial charge in [0.25, 0.3) is 5.91 Å². The number of amides is 1. The van der Waals surface area contributed by atoms with Gasteiger partial charge < -0.3 is 10.6 Å². The van der Waals surface area contributed by atoms with E-state index in [1.165, 1.54) is 0 Å². The van der Waals surface area contributed by atoms with Crippen LogP contribution in [0.25, 0.3) is 0 Å². The van der Waals surface area contributed by atoms with Crippen LogP contribution in [0.15, 0.2) is 55.3 Å². The molecule has 2 atom stereocenters. The van der Waals surface area contributed by atoms with Crippen LogP contribution in [0.5, 0.6) is 0 Å². The molecule has 2 heterocycles. The molecule has 25 heavy (non-hydrogen) atoms. The minimum Gasteiger partial charge on any atom is -0.344 e. The van der Waals surface area contributed by atoms with Gasteiger partial charge in [-0.15, -0.1) is 6.58 Å². The van der Waals surface area contributed by atoms with Crippen LogP contribution >= 0.6 is 0 Å². The number of nitrogens with one attached hydrogen (secondary N) is 2. The lowest BCUT2D eigenvalue weighted by Crippen LogP contribution is -2.32. The average molecular weight is 338 g/mol. The lowest BCUT2D eigenvalue weighted by atomic mass is 10.0. The molecule has 1 aliphatic heterocycles. The minimum atomic E-state index is -0.125. The summed E-state index contributed by atoms with van der Waals surface area (Å²) in [7, 11) is 0. The largest absolute Gasteiger partial charge is 0.344 e. The fourth-order valence-electron chi connectivity index (χ4n) is 3.25. The zero-order chi connectivity index (χ0) is 17.5. The number of hydrogen-bond donors (Lipinski definition) is 2. The lowest BCUT2D eigenvalue weighted by Gasteiger charge is -2.23. The van der Waals surface area contributed by atoms with E-state index < -0.39 is 0 Å². The first-order valence-corrected chi connectivity index (χ1v) is 9.00. The molecule has 132 valence electrons. The fraction of sp³-hybridized carbons (Fsp3) is 0.400. The van der Waals surface area contributed by atoms with Crippen LogP contribution in [0.4, 0.5) is 0 Å². The maximum Gasteiger partial charge on any atom is 0.272 e. The summed E-state index contributed by atoms with van der Waals surface area (Å²) in [5.74, 6) is -0.125. The maximum absolute atomic E-state index is 12.7. The Morgan fingerprint density at radius 1 is 1.40 bits per heavy atom. The van der Waals surface area contributed by atoms with E-state index in [1.54, 1.807) is 6.07 Å². The van der Waals surface area contributed by atoms with Crippen LogP contribution in [0.3, 0.4) is 0 Å². The number of benzene rings is 1. The predicted octanol–water partition coefficient (Wildman–Crippen LogP) is 3.24. The molecule has 2 aromatic rings. The quantitative estimate of drug-likeness (QED) is 0.762. The lowest BCUT2D eigenvalue weighted by molar-refractivity contribution is 0.0928. The molecule has 0 spiro atoms. The normalized spacial score (nSPS) is 18.5. The van der Waals surface area contributed by atoms with Crippen molar-refractivity contribution in [1.82, 2.24) is 20.4 Å². The molecular weight excluding hydrogens is 312 g/mol. The van der Waals surface area contributed by atoms with Crippen molar-refractivity contribution in [3.8, 4) is 0 Å². The number of nitrogens with zero attached hydrogens (tertiary/aromatic N) is 2. The van der Waals surface area contributed by atoms with Gasteiger partial charge in [-0.3, -0.25) is 9.48 Å². The maximum atomic E-state index is 12.7. The molecule has 1 saturated heterocycles. The monoisotopic (exact) mass is 338 g/mol. The van der Waals surface area contributed by atoms with Crippen LogP contribution in [0, 0.1) is 0 Å². The second-order valence-corrected chi connectivity index (χ2v) is 6.48. The van der Waals surface area contributed by atoms with Crippen molar-refractivity contribution in [2.75, 3.05) is 13.1 Å². The SMILES string of the molecule is C=CCCC(NC(=O)c1ccn(C2CCCNC2)n1)c1ccccc1. The van der Waals surface area contributed by atoms with E-state index in [1.807, 2.05) is 47.3 Å².